The van der Waals surface area contributed by atoms with Gasteiger partial charge in [-0.3, -0.25) is 33.7 Å². The smallest absolute Gasteiger partial charge is 0.317 e. The van der Waals surface area contributed by atoms with Gasteiger partial charge in [-0.1, -0.05) is 62.8 Å². The monoisotopic (exact) mass is 618 g/mol. The fourth-order valence-corrected chi connectivity index (χ4v) is 3.91. The van der Waals surface area contributed by atoms with Gasteiger partial charge in [0.25, 0.3) is 0 Å². The second-order valence-electron chi connectivity index (χ2n) is 12.2. The summed E-state index contributed by atoms with van der Waals surface area (Å²) in [6.45, 7) is 24.5. The van der Waals surface area contributed by atoms with Crippen LogP contribution in [0.5, 0.6) is 0 Å². The van der Waals surface area contributed by atoms with E-state index >= 15 is 0 Å². The first-order valence-electron chi connectivity index (χ1n) is 14.3. The molecule has 2 heterocycles. The number of carbonyl (C=O) groups excluding carboxylic acids is 5. The summed E-state index contributed by atoms with van der Waals surface area (Å²) in [4.78, 5) is 67.9. The molecule has 2 aliphatic heterocycles. The molecule has 0 radical (unpaired) electrons. The zero-order valence-corrected chi connectivity index (χ0v) is 27.4. The lowest BCUT2D eigenvalue weighted by Gasteiger charge is -2.19. The summed E-state index contributed by atoms with van der Waals surface area (Å²) >= 11 is 0. The van der Waals surface area contributed by atoms with Crippen LogP contribution in [0.15, 0.2) is 0 Å². The second-order valence-corrected chi connectivity index (χ2v) is 12.2. The topological polar surface area (TPSA) is 205 Å². The first-order valence-corrected chi connectivity index (χ1v) is 14.3. The van der Waals surface area contributed by atoms with Crippen LogP contribution in [0.25, 0.3) is 0 Å². The molecule has 0 bridgehead atoms. The number of nitrogens with two attached hydrogens (primary N) is 1. The Kier molecular flexibility index (Phi) is 24.6. The largest absolute Gasteiger partial charge is 0.481 e. The van der Waals surface area contributed by atoms with Gasteiger partial charge in [-0.2, -0.15) is 0 Å². The lowest BCUT2D eigenvalue weighted by Crippen LogP contribution is -2.38. The number of carboxylic acids is 1. The van der Waals surface area contributed by atoms with Crippen molar-refractivity contribution in [1.29, 1.82) is 0 Å². The van der Waals surface area contributed by atoms with Crippen molar-refractivity contribution in [2.45, 2.75) is 121 Å². The Labute approximate surface area is 259 Å². The van der Waals surface area contributed by atoms with Crippen LogP contribution in [0, 0.1) is 42.4 Å². The third-order valence-electron chi connectivity index (χ3n) is 6.17. The first kappa shape index (κ1) is 47.0. The van der Waals surface area contributed by atoms with Crippen LogP contribution in [-0.4, -0.2) is 69.2 Å². The molecule has 2 rings (SSSR count). The lowest BCUT2D eigenvalue weighted by molar-refractivity contribution is -0.153. The number of hydrogen-bond acceptors (Lipinski definition) is 8. The Bertz CT molecular complexity index is 881. The molecule has 0 aromatic carbocycles. The van der Waals surface area contributed by atoms with Crippen molar-refractivity contribution in [1.82, 2.24) is 10.2 Å². The molecule has 12 nitrogen and oxygen atoms in total. The molecule has 252 valence electrons. The van der Waals surface area contributed by atoms with Crippen LogP contribution >= 0.6 is 0 Å². The fourth-order valence-electron chi connectivity index (χ4n) is 3.91. The van der Waals surface area contributed by atoms with E-state index in [0.717, 1.165) is 0 Å². The quantitative estimate of drug-likeness (QED) is 0.157. The Morgan fingerprint density at radius 1 is 0.930 bits per heavy atom. The number of carbonyl (C=O) groups is 6. The van der Waals surface area contributed by atoms with E-state index in [1.54, 1.807) is 6.92 Å². The van der Waals surface area contributed by atoms with Crippen molar-refractivity contribution in [2.24, 2.45) is 41.2 Å². The second kappa shape index (κ2) is 22.5. The van der Waals surface area contributed by atoms with Gasteiger partial charge in [-0.15, -0.1) is 0 Å². The van der Waals surface area contributed by atoms with Gasteiger partial charge in [0.2, 0.25) is 17.7 Å². The average molecular weight is 619 g/mol. The highest BCUT2D eigenvalue weighted by Gasteiger charge is 2.41. The number of carboxylic acid groups (broad SMARTS) is 1. The molecule has 2 aliphatic rings. The SMILES string of the molecule is C.CC(C)C1CC(=O)N(C(C)C)C1=O.CC(C)C1CC(=O)OC1=O.CC(C)N.O.[CH2+]C(C)NC(=O)C(CC(=O)O)C(C)C. The highest BCUT2D eigenvalue weighted by molar-refractivity contribution is 6.03. The summed E-state index contributed by atoms with van der Waals surface area (Å²) in [5.41, 5.74) is 5.11. The van der Waals surface area contributed by atoms with Gasteiger partial charge in [-0.25, -0.2) is 0 Å². The van der Waals surface area contributed by atoms with E-state index in [0.29, 0.717) is 12.5 Å². The Hall–Kier alpha value is -2.99. The van der Waals surface area contributed by atoms with Gasteiger partial charge >= 0.3 is 17.9 Å². The molecule has 43 heavy (non-hydrogen) atoms. The molecule has 2 fully saturated rings. The van der Waals surface area contributed by atoms with E-state index in [1.807, 2.05) is 69.2 Å². The maximum atomic E-state index is 11.7. The van der Waals surface area contributed by atoms with Gasteiger partial charge in [0, 0.05) is 18.4 Å². The zero-order chi connectivity index (χ0) is 32.8. The van der Waals surface area contributed by atoms with E-state index < -0.39 is 11.9 Å². The summed E-state index contributed by atoms with van der Waals surface area (Å²) in [6, 6.07) is 0.140. The van der Waals surface area contributed by atoms with Crippen LogP contribution in [0.4, 0.5) is 0 Å². The van der Waals surface area contributed by atoms with Crippen LogP contribution in [0.2, 0.25) is 0 Å². The number of nitrogens with zero attached hydrogens (tertiary/aromatic N) is 1. The summed E-state index contributed by atoms with van der Waals surface area (Å²) in [5, 5.41) is 11.2. The molecule has 12 heteroatoms. The highest BCUT2D eigenvalue weighted by Crippen LogP contribution is 2.27. The van der Waals surface area contributed by atoms with Crippen LogP contribution in [0.1, 0.15) is 103 Å². The minimum Gasteiger partial charge on any atom is -0.481 e. The number of ether oxygens (including phenoxy) is 1. The molecule has 0 aromatic heterocycles. The number of rotatable bonds is 8. The average Bonchev–Trinajstić information content (AvgIpc) is 3.28. The summed E-state index contributed by atoms with van der Waals surface area (Å²) in [7, 11) is 0. The molecular weight excluding hydrogens is 558 g/mol. The van der Waals surface area contributed by atoms with Crippen molar-refractivity contribution in [3.05, 3.63) is 6.92 Å². The Morgan fingerprint density at radius 2 is 1.37 bits per heavy atom. The van der Waals surface area contributed by atoms with Gasteiger partial charge in [0.1, 0.15) is 0 Å². The molecule has 3 amide bonds. The van der Waals surface area contributed by atoms with Crippen molar-refractivity contribution in [2.75, 3.05) is 0 Å². The normalized spacial score (nSPS) is 18.9. The molecular formula is C31H60N3O9+. The number of aliphatic carboxylic acids is 1. The maximum Gasteiger partial charge on any atom is 0.317 e. The maximum absolute atomic E-state index is 11.7. The van der Waals surface area contributed by atoms with Crippen molar-refractivity contribution >= 4 is 35.6 Å². The number of amides is 3. The first-order chi connectivity index (χ1) is 18.6. The number of hydrogen-bond donors (Lipinski definition) is 3. The van der Waals surface area contributed by atoms with Crippen molar-refractivity contribution < 1.29 is 44.1 Å². The summed E-state index contributed by atoms with van der Waals surface area (Å²) < 4.78 is 4.36. The molecule has 4 atom stereocenters. The predicted octanol–water partition coefficient (Wildman–Crippen LogP) is 3.39. The Balaban J connectivity index is -0.000000246. The van der Waals surface area contributed by atoms with E-state index in [9.17, 15) is 28.8 Å². The molecule has 0 aliphatic carbocycles. The lowest BCUT2D eigenvalue weighted by atomic mass is 9.91. The number of nitrogens with one attached hydrogen (secondary N) is 1. The molecule has 0 spiro atoms. The van der Waals surface area contributed by atoms with E-state index in [-0.39, 0.29) is 97.1 Å². The third-order valence-corrected chi connectivity index (χ3v) is 6.17. The summed E-state index contributed by atoms with van der Waals surface area (Å²) in [5.74, 6) is -2.21. The van der Waals surface area contributed by atoms with E-state index in [4.69, 9.17) is 10.8 Å². The standard InChI is InChI=1S/C10H17NO3.C10H17NO2.C7H10O3.C3H9N.CH4.H2O/c1-6(2)8(5-9(12)13)10(14)11-7(3)4;1-6(2)8-5-9(12)11(7(3)4)10(8)13;1-4(2)5-3-6(8)10-7(5)9;1-3(2)4;;/h6-8H,3,5H2,1-2,4H3,(H-,11,12,13,14);6-8H,5H2,1-4H3;4-5H,3H2,1-2H3;3H,4H2,1-2H3;1H4;1H2/p+1. The number of cyclic esters (lactones) is 2. The molecule has 4 unspecified atom stereocenters. The molecule has 0 saturated carbocycles. The van der Waals surface area contributed by atoms with Gasteiger partial charge in [0.15, 0.2) is 6.04 Å². The Morgan fingerprint density at radius 3 is 1.58 bits per heavy atom. The number of likely N-dealkylation sites (tertiary alicyclic amines) is 1. The number of esters is 2. The van der Waals surface area contributed by atoms with Crippen LogP contribution in [-0.2, 0) is 33.5 Å². The molecule has 2 saturated heterocycles. The van der Waals surface area contributed by atoms with E-state index in [2.05, 4.69) is 17.0 Å². The van der Waals surface area contributed by atoms with Crippen molar-refractivity contribution in [3.8, 4) is 0 Å². The van der Waals surface area contributed by atoms with Gasteiger partial charge in [-0.05, 0) is 44.6 Å². The third kappa shape index (κ3) is 19.0. The fraction of sp³-hybridized carbons (Fsp3) is 0.774. The zero-order valence-electron chi connectivity index (χ0n) is 27.4. The van der Waals surface area contributed by atoms with Crippen LogP contribution in [0.3, 0.4) is 0 Å². The van der Waals surface area contributed by atoms with Crippen molar-refractivity contribution in [3.63, 3.8) is 0 Å². The van der Waals surface area contributed by atoms with Gasteiger partial charge in [0.05, 0.1) is 31.6 Å². The highest BCUT2D eigenvalue weighted by atomic mass is 16.6. The van der Waals surface area contributed by atoms with Gasteiger partial charge < -0.3 is 26.4 Å². The predicted molar refractivity (Wildman–Crippen MR) is 167 cm³/mol. The van der Waals surface area contributed by atoms with Crippen LogP contribution < -0.4 is 11.1 Å². The molecule has 0 aromatic rings. The minimum atomic E-state index is -0.949. The summed E-state index contributed by atoms with van der Waals surface area (Å²) in [6.07, 6.45) is 0.529. The number of imide groups is 1. The van der Waals surface area contributed by atoms with E-state index in [1.165, 1.54) is 4.90 Å². The molecule has 6 N–H and O–H groups in total. The minimum absolute atomic E-state index is 0.